The van der Waals surface area contributed by atoms with Crippen LogP contribution in [0.1, 0.15) is 11.4 Å². The lowest BCUT2D eigenvalue weighted by molar-refractivity contribution is 0.624. The molecule has 0 amide bonds. The van der Waals surface area contributed by atoms with E-state index in [4.69, 9.17) is 0 Å². The highest BCUT2D eigenvalue weighted by molar-refractivity contribution is 9.09. The van der Waals surface area contributed by atoms with Crippen molar-refractivity contribution in [1.29, 1.82) is 0 Å². The molecule has 5 nitrogen and oxygen atoms in total. The molecule has 20 heavy (non-hydrogen) atoms. The number of hydrogen-bond acceptors (Lipinski definition) is 4. The van der Waals surface area contributed by atoms with Crippen molar-refractivity contribution in [3.8, 4) is 5.69 Å². The Hall–Kier alpha value is -1.76. The molecular formula is C13H11BrFN5. The van der Waals surface area contributed by atoms with Crippen molar-refractivity contribution >= 4 is 28.0 Å². The molecule has 0 fully saturated rings. The van der Waals surface area contributed by atoms with Gasteiger partial charge in [0.05, 0.1) is 35.1 Å². The fourth-order valence-corrected chi connectivity index (χ4v) is 3.32. The number of aromatic nitrogens is 3. The minimum absolute atomic E-state index is 0.0150. The molecule has 2 atom stereocenters. The van der Waals surface area contributed by atoms with Crippen LogP contribution in [0.5, 0.6) is 0 Å². The molecule has 3 heterocycles. The summed E-state index contributed by atoms with van der Waals surface area (Å²) in [5.41, 5.74) is 3.47. The Morgan fingerprint density at radius 3 is 3.05 bits per heavy atom. The van der Waals surface area contributed by atoms with Crippen LogP contribution in [0.4, 0.5) is 10.1 Å². The van der Waals surface area contributed by atoms with Crippen LogP contribution in [0, 0.1) is 12.7 Å². The Bertz CT molecular complexity index is 726. The van der Waals surface area contributed by atoms with E-state index in [9.17, 15) is 4.39 Å². The second-order valence-electron chi connectivity index (χ2n) is 4.98. The summed E-state index contributed by atoms with van der Waals surface area (Å²) in [5.74, 6) is -0.284. The Morgan fingerprint density at radius 2 is 2.20 bits per heavy atom. The molecule has 1 aromatic heterocycles. The average molecular weight is 336 g/mol. The van der Waals surface area contributed by atoms with E-state index < -0.39 is 0 Å². The SMILES string of the molecule is Cc1nnn2c1CC1C(Br)N=CN1c1ccc(F)cc1-2. The molecule has 2 aliphatic heterocycles. The molecule has 0 radical (unpaired) electrons. The summed E-state index contributed by atoms with van der Waals surface area (Å²) in [6, 6.07) is 4.86. The molecule has 0 spiro atoms. The zero-order valence-corrected chi connectivity index (χ0v) is 12.2. The van der Waals surface area contributed by atoms with Gasteiger partial charge in [-0.05, 0) is 19.1 Å². The summed E-state index contributed by atoms with van der Waals surface area (Å²) in [6.07, 6.45) is 2.56. The third-order valence-corrected chi connectivity index (χ3v) is 4.66. The number of benzene rings is 1. The number of alkyl halides is 1. The molecule has 102 valence electrons. The second kappa shape index (κ2) is 4.12. The van der Waals surface area contributed by atoms with Crippen molar-refractivity contribution in [2.45, 2.75) is 24.3 Å². The molecular weight excluding hydrogens is 325 g/mol. The van der Waals surface area contributed by atoms with Crippen molar-refractivity contribution < 1.29 is 4.39 Å². The molecule has 0 bridgehead atoms. The lowest BCUT2D eigenvalue weighted by Gasteiger charge is -2.24. The molecule has 0 aliphatic carbocycles. The maximum atomic E-state index is 13.6. The maximum Gasteiger partial charge on any atom is 0.127 e. The summed E-state index contributed by atoms with van der Waals surface area (Å²) < 4.78 is 15.4. The van der Waals surface area contributed by atoms with Crippen LogP contribution in [0.2, 0.25) is 0 Å². The van der Waals surface area contributed by atoms with Gasteiger partial charge in [-0.3, -0.25) is 4.99 Å². The first-order valence-corrected chi connectivity index (χ1v) is 7.23. The van der Waals surface area contributed by atoms with Gasteiger partial charge in [-0.25, -0.2) is 9.07 Å². The van der Waals surface area contributed by atoms with Crippen LogP contribution in [0.3, 0.4) is 0 Å². The highest BCUT2D eigenvalue weighted by Gasteiger charge is 2.36. The van der Waals surface area contributed by atoms with E-state index in [2.05, 4.69) is 36.1 Å². The van der Waals surface area contributed by atoms with Gasteiger partial charge in [-0.15, -0.1) is 5.10 Å². The molecule has 2 aromatic rings. The predicted molar refractivity (Wildman–Crippen MR) is 77.2 cm³/mol. The summed E-state index contributed by atoms with van der Waals surface area (Å²) in [4.78, 5) is 6.49. The molecule has 0 saturated carbocycles. The molecule has 2 aliphatic rings. The van der Waals surface area contributed by atoms with E-state index >= 15 is 0 Å². The standard InChI is InChI=1S/C13H11BrFN5/c1-7-10-5-12-13(14)16-6-19(12)9-3-2-8(15)4-11(9)20(10)18-17-7/h2-4,6,12-13H,5H2,1H3. The fraction of sp³-hybridized carbons (Fsp3) is 0.308. The zero-order chi connectivity index (χ0) is 13.9. The Kier molecular flexibility index (Phi) is 2.47. The quantitative estimate of drug-likeness (QED) is 0.547. The van der Waals surface area contributed by atoms with E-state index in [-0.39, 0.29) is 16.8 Å². The van der Waals surface area contributed by atoms with Gasteiger partial charge < -0.3 is 4.90 Å². The van der Waals surface area contributed by atoms with E-state index in [0.717, 1.165) is 23.5 Å². The third kappa shape index (κ3) is 1.56. The summed E-state index contributed by atoms with van der Waals surface area (Å²) in [7, 11) is 0. The molecule has 4 rings (SSSR count). The molecule has 7 heteroatoms. The largest absolute Gasteiger partial charge is 0.324 e. The number of hydrogen-bond donors (Lipinski definition) is 0. The maximum absolute atomic E-state index is 13.6. The highest BCUT2D eigenvalue weighted by Crippen LogP contribution is 2.36. The van der Waals surface area contributed by atoms with Crippen LogP contribution < -0.4 is 4.90 Å². The number of aryl methyl sites for hydroxylation is 1. The number of aliphatic imine (C=N–C) groups is 1. The van der Waals surface area contributed by atoms with Crippen LogP contribution in [0.15, 0.2) is 23.2 Å². The summed E-state index contributed by atoms with van der Waals surface area (Å²) in [5, 5.41) is 8.29. The van der Waals surface area contributed by atoms with E-state index in [0.29, 0.717) is 5.69 Å². The van der Waals surface area contributed by atoms with E-state index in [1.807, 2.05) is 6.92 Å². The van der Waals surface area contributed by atoms with Crippen molar-refractivity contribution in [1.82, 2.24) is 15.0 Å². The fourth-order valence-electron chi connectivity index (χ4n) is 2.78. The number of fused-ring (bicyclic) bond motifs is 5. The molecule has 0 saturated heterocycles. The number of rotatable bonds is 0. The average Bonchev–Trinajstić information content (AvgIpc) is 2.92. The summed E-state index contributed by atoms with van der Waals surface area (Å²) >= 11 is 3.58. The van der Waals surface area contributed by atoms with Crippen LogP contribution in [0.25, 0.3) is 5.69 Å². The monoisotopic (exact) mass is 335 g/mol. The van der Waals surface area contributed by atoms with E-state index in [1.54, 1.807) is 17.1 Å². The van der Waals surface area contributed by atoms with Gasteiger partial charge in [0.2, 0.25) is 0 Å². The molecule has 1 aromatic carbocycles. The smallest absolute Gasteiger partial charge is 0.127 e. The Labute approximate surface area is 123 Å². The van der Waals surface area contributed by atoms with Gasteiger partial charge in [-0.2, -0.15) is 0 Å². The minimum Gasteiger partial charge on any atom is -0.324 e. The first kappa shape index (κ1) is 12.0. The first-order valence-electron chi connectivity index (χ1n) is 6.32. The van der Waals surface area contributed by atoms with Gasteiger partial charge in [0.15, 0.2) is 0 Å². The van der Waals surface area contributed by atoms with Crippen molar-refractivity contribution in [2.75, 3.05) is 4.90 Å². The zero-order valence-electron chi connectivity index (χ0n) is 10.7. The van der Waals surface area contributed by atoms with Crippen LogP contribution in [-0.4, -0.2) is 32.3 Å². The third-order valence-electron chi connectivity index (χ3n) is 3.81. The number of halogens is 2. The van der Waals surface area contributed by atoms with Crippen molar-refractivity contribution in [3.05, 3.63) is 35.4 Å². The Morgan fingerprint density at radius 1 is 1.35 bits per heavy atom. The van der Waals surface area contributed by atoms with Crippen LogP contribution >= 0.6 is 15.9 Å². The minimum atomic E-state index is -0.284. The van der Waals surface area contributed by atoms with Gasteiger partial charge >= 0.3 is 0 Å². The normalized spacial score (nSPS) is 23.2. The van der Waals surface area contributed by atoms with Gasteiger partial charge in [-0.1, -0.05) is 21.1 Å². The topological polar surface area (TPSA) is 46.3 Å². The molecule has 2 unspecified atom stereocenters. The van der Waals surface area contributed by atoms with Gasteiger partial charge in [0.1, 0.15) is 10.8 Å². The number of anilines is 1. The van der Waals surface area contributed by atoms with Gasteiger partial charge in [0, 0.05) is 12.5 Å². The van der Waals surface area contributed by atoms with Crippen molar-refractivity contribution in [3.63, 3.8) is 0 Å². The lowest BCUT2D eigenvalue weighted by atomic mass is 10.1. The van der Waals surface area contributed by atoms with Gasteiger partial charge in [0.25, 0.3) is 0 Å². The predicted octanol–water partition coefficient (Wildman–Crippen LogP) is 2.21. The lowest BCUT2D eigenvalue weighted by Crippen LogP contribution is -2.35. The van der Waals surface area contributed by atoms with E-state index in [1.165, 1.54) is 12.1 Å². The van der Waals surface area contributed by atoms with Crippen LogP contribution in [-0.2, 0) is 6.42 Å². The van der Waals surface area contributed by atoms with Crippen molar-refractivity contribution in [2.24, 2.45) is 4.99 Å². The molecule has 0 N–H and O–H groups in total. The highest BCUT2D eigenvalue weighted by atomic mass is 79.9. The first-order chi connectivity index (χ1) is 9.65. The number of nitrogens with zero attached hydrogens (tertiary/aromatic N) is 5. The second-order valence-corrected chi connectivity index (χ2v) is 5.92. The Balaban J connectivity index is 2.01. The summed E-state index contributed by atoms with van der Waals surface area (Å²) in [6.45, 7) is 1.92.